The van der Waals surface area contributed by atoms with Crippen LogP contribution in [0.1, 0.15) is 19.7 Å². The largest absolute Gasteiger partial charge is 0.353 e. The normalized spacial score (nSPS) is 27.9. The molecule has 0 radical (unpaired) electrons. The molecular weight excluding hydrogens is 262 g/mol. The van der Waals surface area contributed by atoms with Crippen LogP contribution in [0, 0.1) is 6.92 Å². The van der Waals surface area contributed by atoms with Gasteiger partial charge in [0, 0.05) is 34.4 Å². The molecule has 0 N–H and O–H groups in total. The molecule has 0 bridgehead atoms. The molecule has 0 aliphatic carbocycles. The molecule has 3 heterocycles. The predicted molar refractivity (Wildman–Crippen MR) is 74.8 cm³/mol. The van der Waals surface area contributed by atoms with E-state index in [-0.39, 0.29) is 10.5 Å². The number of anilines is 1. The minimum absolute atomic E-state index is 0.165. The molecule has 1 saturated heterocycles. The Hall–Kier alpha value is -1.50. The molecule has 1 fully saturated rings. The highest BCUT2D eigenvalue weighted by Crippen LogP contribution is 2.20. The van der Waals surface area contributed by atoms with Crippen LogP contribution >= 0.6 is 0 Å². The van der Waals surface area contributed by atoms with Crippen molar-refractivity contribution in [2.45, 2.75) is 31.3 Å². The lowest BCUT2D eigenvalue weighted by atomic mass is 10.3. The van der Waals surface area contributed by atoms with Crippen molar-refractivity contribution in [1.82, 2.24) is 19.8 Å². The van der Waals surface area contributed by atoms with Gasteiger partial charge in [-0.3, -0.25) is 4.21 Å². The van der Waals surface area contributed by atoms with Crippen LogP contribution < -0.4 is 4.90 Å². The van der Waals surface area contributed by atoms with Crippen LogP contribution in [0.4, 0.5) is 5.82 Å². The van der Waals surface area contributed by atoms with E-state index >= 15 is 0 Å². The summed E-state index contributed by atoms with van der Waals surface area (Å²) in [6, 6.07) is 3.88. The second-order valence-corrected chi connectivity index (χ2v) is 7.32. The van der Waals surface area contributed by atoms with Gasteiger partial charge < -0.3 is 4.90 Å². The Morgan fingerprint density at radius 1 is 1.21 bits per heavy atom. The van der Waals surface area contributed by atoms with Crippen LogP contribution in [0.3, 0.4) is 0 Å². The number of hydrogen-bond acceptors (Lipinski definition) is 5. The van der Waals surface area contributed by atoms with Crippen molar-refractivity contribution in [3.05, 3.63) is 18.0 Å². The second-order valence-electron chi connectivity index (χ2n) is 5.05. The Balaban J connectivity index is 1.93. The summed E-state index contributed by atoms with van der Waals surface area (Å²) in [5.41, 5.74) is 0.753. The van der Waals surface area contributed by atoms with Crippen LogP contribution in [0.5, 0.6) is 0 Å². The molecule has 1 aliphatic heterocycles. The van der Waals surface area contributed by atoms with Gasteiger partial charge in [-0.15, -0.1) is 14.8 Å². The Kier molecular flexibility index (Phi) is 3.00. The van der Waals surface area contributed by atoms with Gasteiger partial charge in [0.15, 0.2) is 11.5 Å². The Bertz CT molecular complexity index is 626. The van der Waals surface area contributed by atoms with Gasteiger partial charge in [-0.1, -0.05) is 0 Å². The minimum atomic E-state index is -0.751. The third kappa shape index (κ3) is 2.22. The van der Waals surface area contributed by atoms with E-state index in [0.717, 1.165) is 24.6 Å². The van der Waals surface area contributed by atoms with Gasteiger partial charge in [-0.25, -0.2) is 4.98 Å². The molecule has 0 amide bonds. The van der Waals surface area contributed by atoms with Gasteiger partial charge >= 0.3 is 0 Å². The number of nitrogens with zero attached hydrogens (tertiary/aromatic N) is 5. The lowest BCUT2D eigenvalue weighted by Gasteiger charge is -2.34. The summed E-state index contributed by atoms with van der Waals surface area (Å²) in [5, 5.41) is 9.04. The Morgan fingerprint density at radius 2 is 1.89 bits per heavy atom. The molecule has 2 aromatic rings. The van der Waals surface area contributed by atoms with Crippen LogP contribution in [-0.2, 0) is 10.8 Å². The molecule has 0 aromatic carbocycles. The van der Waals surface area contributed by atoms with Gasteiger partial charge in [0.1, 0.15) is 5.82 Å². The van der Waals surface area contributed by atoms with Crippen molar-refractivity contribution in [3.8, 4) is 0 Å². The smallest absolute Gasteiger partial charge is 0.176 e. The molecule has 0 spiro atoms. The summed E-state index contributed by atoms with van der Waals surface area (Å²) in [4.78, 5) is 6.44. The van der Waals surface area contributed by atoms with E-state index in [9.17, 15) is 4.21 Å². The first kappa shape index (κ1) is 12.5. The molecule has 19 heavy (non-hydrogen) atoms. The van der Waals surface area contributed by atoms with Crippen LogP contribution in [0.15, 0.2) is 12.1 Å². The third-order valence-electron chi connectivity index (χ3n) is 3.37. The maximum atomic E-state index is 12.0. The van der Waals surface area contributed by atoms with Crippen molar-refractivity contribution in [1.29, 1.82) is 0 Å². The topological polar surface area (TPSA) is 63.4 Å². The molecule has 6 nitrogen and oxygen atoms in total. The van der Waals surface area contributed by atoms with Crippen molar-refractivity contribution in [2.75, 3.05) is 18.0 Å². The predicted octanol–water partition coefficient (Wildman–Crippen LogP) is 0.778. The number of hydrogen-bond donors (Lipinski definition) is 0. The molecule has 0 saturated carbocycles. The monoisotopic (exact) mass is 279 g/mol. The number of aromatic nitrogens is 4. The first-order valence-corrected chi connectivity index (χ1v) is 7.67. The Morgan fingerprint density at radius 3 is 2.58 bits per heavy atom. The van der Waals surface area contributed by atoms with Crippen LogP contribution in [0.25, 0.3) is 5.65 Å². The molecule has 7 heteroatoms. The summed E-state index contributed by atoms with van der Waals surface area (Å²) in [6.07, 6.45) is 0. The Labute approximate surface area is 114 Å². The molecule has 2 atom stereocenters. The fourth-order valence-corrected chi connectivity index (χ4v) is 3.92. The van der Waals surface area contributed by atoms with E-state index in [2.05, 4.69) is 20.1 Å². The van der Waals surface area contributed by atoms with Crippen LogP contribution in [-0.4, -0.2) is 47.6 Å². The number of aryl methyl sites for hydroxylation is 1. The maximum absolute atomic E-state index is 12.0. The standard InChI is InChI=1S/C12H17N5OS/c1-8-6-16(7-9(2)19(8)18)12-5-4-11-13-10(3)14-17(11)15-12/h4-5,8-9H,6-7H2,1-3H3. The van der Waals surface area contributed by atoms with Gasteiger partial charge in [0.05, 0.1) is 0 Å². The molecule has 3 rings (SSSR count). The fourth-order valence-electron chi connectivity index (χ4n) is 2.47. The van der Waals surface area contributed by atoms with Crippen molar-refractivity contribution in [3.63, 3.8) is 0 Å². The van der Waals surface area contributed by atoms with Gasteiger partial charge in [0.25, 0.3) is 0 Å². The highest BCUT2D eigenvalue weighted by Gasteiger charge is 2.29. The summed E-state index contributed by atoms with van der Waals surface area (Å²) in [7, 11) is -0.751. The average Bonchev–Trinajstić information content (AvgIpc) is 2.74. The molecule has 102 valence electrons. The van der Waals surface area contributed by atoms with E-state index in [1.54, 1.807) is 4.63 Å². The highest BCUT2D eigenvalue weighted by molar-refractivity contribution is 7.86. The zero-order valence-electron chi connectivity index (χ0n) is 11.3. The third-order valence-corrected chi connectivity index (χ3v) is 5.26. The first-order chi connectivity index (χ1) is 9.04. The zero-order chi connectivity index (χ0) is 13.6. The maximum Gasteiger partial charge on any atom is 0.176 e. The van der Waals surface area contributed by atoms with Crippen molar-refractivity contribution in [2.24, 2.45) is 0 Å². The fraction of sp³-hybridized carbons (Fsp3) is 0.583. The second kappa shape index (κ2) is 4.56. The minimum Gasteiger partial charge on any atom is -0.353 e. The quantitative estimate of drug-likeness (QED) is 0.772. The van der Waals surface area contributed by atoms with E-state index in [4.69, 9.17) is 0 Å². The summed E-state index contributed by atoms with van der Waals surface area (Å²) < 4.78 is 13.5. The SMILES string of the molecule is Cc1nc2ccc(N3CC(C)S(=O)C(C)C3)nn2n1. The number of rotatable bonds is 1. The summed E-state index contributed by atoms with van der Waals surface area (Å²) in [6.45, 7) is 7.43. The van der Waals surface area contributed by atoms with Crippen molar-refractivity contribution < 1.29 is 4.21 Å². The number of fused-ring (bicyclic) bond motifs is 1. The van der Waals surface area contributed by atoms with Gasteiger partial charge in [-0.2, -0.15) is 0 Å². The molecular formula is C12H17N5OS. The molecule has 1 aliphatic rings. The van der Waals surface area contributed by atoms with E-state index in [1.165, 1.54) is 0 Å². The first-order valence-electron chi connectivity index (χ1n) is 6.39. The molecule has 2 aromatic heterocycles. The van der Waals surface area contributed by atoms with E-state index < -0.39 is 10.8 Å². The van der Waals surface area contributed by atoms with E-state index in [1.807, 2.05) is 32.9 Å². The van der Waals surface area contributed by atoms with Gasteiger partial charge in [-0.05, 0) is 32.9 Å². The van der Waals surface area contributed by atoms with Gasteiger partial charge in [0.2, 0.25) is 0 Å². The lowest BCUT2D eigenvalue weighted by molar-refractivity contribution is 0.624. The summed E-state index contributed by atoms with van der Waals surface area (Å²) >= 11 is 0. The summed E-state index contributed by atoms with van der Waals surface area (Å²) in [5.74, 6) is 1.58. The highest BCUT2D eigenvalue weighted by atomic mass is 32.2. The zero-order valence-corrected chi connectivity index (χ0v) is 12.1. The average molecular weight is 279 g/mol. The van der Waals surface area contributed by atoms with Crippen LogP contribution in [0.2, 0.25) is 0 Å². The molecule has 2 unspecified atom stereocenters. The van der Waals surface area contributed by atoms with Crippen molar-refractivity contribution >= 4 is 22.3 Å². The van der Waals surface area contributed by atoms with E-state index in [0.29, 0.717) is 5.82 Å². The lowest BCUT2D eigenvalue weighted by Crippen LogP contribution is -2.47.